The van der Waals surface area contributed by atoms with Crippen molar-refractivity contribution in [1.29, 1.82) is 5.26 Å². The van der Waals surface area contributed by atoms with E-state index in [4.69, 9.17) is 0 Å². The van der Waals surface area contributed by atoms with Crippen LogP contribution in [0.5, 0.6) is 0 Å². The molecule has 0 saturated carbocycles. The van der Waals surface area contributed by atoms with Crippen LogP contribution in [0.25, 0.3) is 49.7 Å². The molecule has 0 saturated heterocycles. The lowest BCUT2D eigenvalue weighted by molar-refractivity contribution is 0.793. The molecule has 6 aromatic carbocycles. The minimum absolute atomic E-state index is 0.487. The number of nitriles is 1. The minimum Gasteiger partial charge on any atom is -0.309 e. The lowest BCUT2D eigenvalue weighted by Gasteiger charge is -2.30. The van der Waals surface area contributed by atoms with Crippen molar-refractivity contribution >= 4 is 21.8 Å². The number of hydrogen-bond donors (Lipinski definition) is 0. The van der Waals surface area contributed by atoms with E-state index in [2.05, 4.69) is 132 Å². The number of nitrogens with zero attached hydrogens (tertiary/aromatic N) is 2. The molecule has 1 unspecified atom stereocenters. The zero-order valence-corrected chi connectivity index (χ0v) is 21.6. The predicted octanol–water partition coefficient (Wildman–Crippen LogP) is 9.00. The van der Waals surface area contributed by atoms with Gasteiger partial charge in [0, 0.05) is 21.9 Å². The Labute approximate surface area is 232 Å². The summed E-state index contributed by atoms with van der Waals surface area (Å²) in [5.74, 6) is 0. The molecule has 1 heterocycles. The largest absolute Gasteiger partial charge is 0.309 e. The summed E-state index contributed by atoms with van der Waals surface area (Å²) in [7, 11) is 0. The van der Waals surface area contributed by atoms with Crippen molar-refractivity contribution in [3.8, 4) is 34.0 Å². The Hall–Kier alpha value is -5.39. The molecule has 0 amide bonds. The van der Waals surface area contributed by atoms with E-state index in [9.17, 15) is 5.26 Å². The number of para-hydroxylation sites is 2. The third-order valence-corrected chi connectivity index (χ3v) is 9.06. The van der Waals surface area contributed by atoms with E-state index in [0.717, 1.165) is 16.7 Å². The quantitative estimate of drug-likeness (QED) is 0.218. The molecular weight excluding hydrogens is 484 g/mol. The van der Waals surface area contributed by atoms with E-state index in [1.807, 2.05) is 12.1 Å². The van der Waals surface area contributed by atoms with Gasteiger partial charge in [-0.05, 0) is 57.6 Å². The summed E-state index contributed by atoms with van der Waals surface area (Å²) in [6, 6.07) is 50.4. The van der Waals surface area contributed by atoms with Crippen LogP contribution in [0.4, 0.5) is 0 Å². The van der Waals surface area contributed by atoms with Crippen LogP contribution in [-0.2, 0) is 5.41 Å². The van der Waals surface area contributed by atoms with Crippen LogP contribution in [0, 0.1) is 11.3 Å². The van der Waals surface area contributed by atoms with Crippen LogP contribution in [0.2, 0.25) is 0 Å². The van der Waals surface area contributed by atoms with Gasteiger partial charge in [-0.15, -0.1) is 0 Å². The fourth-order valence-corrected chi connectivity index (χ4v) is 7.68. The molecule has 0 N–H and O–H groups in total. The van der Waals surface area contributed by atoms with Crippen LogP contribution in [-0.4, -0.2) is 4.57 Å². The second-order valence-electron chi connectivity index (χ2n) is 10.8. The molecule has 2 aliphatic carbocycles. The van der Waals surface area contributed by atoms with Crippen LogP contribution < -0.4 is 0 Å². The lowest BCUT2D eigenvalue weighted by atomic mass is 9.70. The lowest BCUT2D eigenvalue weighted by Crippen LogP contribution is -2.25. The second-order valence-corrected chi connectivity index (χ2v) is 10.8. The van der Waals surface area contributed by atoms with Crippen molar-refractivity contribution in [2.45, 2.75) is 5.41 Å². The molecule has 2 nitrogen and oxygen atoms in total. The zero-order chi connectivity index (χ0) is 26.4. The maximum absolute atomic E-state index is 10.2. The fraction of sp³-hybridized carbons (Fsp3) is 0.0263. The van der Waals surface area contributed by atoms with Crippen molar-refractivity contribution in [3.05, 3.63) is 161 Å². The highest BCUT2D eigenvalue weighted by atomic mass is 15.0. The first kappa shape index (κ1) is 21.5. The standard InChI is InChI=1S/C38H22N2/c39-23-24-11-9-18-31-36(24)27-14-1-5-16-29(27)38(31)30-17-6-2-15-28(30)37-32(38)19-10-22-35(37)40-33-20-7-3-12-25(33)26-13-4-8-21-34(26)40/h1-22H. The fourth-order valence-electron chi connectivity index (χ4n) is 7.68. The third kappa shape index (κ3) is 2.40. The Morgan fingerprint density at radius 2 is 0.975 bits per heavy atom. The molecular formula is C38H22N2. The molecule has 0 bridgehead atoms. The van der Waals surface area contributed by atoms with Crippen molar-refractivity contribution in [2.24, 2.45) is 0 Å². The Morgan fingerprint density at radius 3 is 1.62 bits per heavy atom. The number of fused-ring (bicyclic) bond motifs is 13. The van der Waals surface area contributed by atoms with Crippen LogP contribution in [0.15, 0.2) is 133 Å². The highest BCUT2D eigenvalue weighted by Crippen LogP contribution is 2.64. The molecule has 9 rings (SSSR count). The maximum atomic E-state index is 10.2. The maximum Gasteiger partial charge on any atom is 0.0998 e. The van der Waals surface area contributed by atoms with Gasteiger partial charge < -0.3 is 4.57 Å². The van der Waals surface area contributed by atoms with Gasteiger partial charge in [0.2, 0.25) is 0 Å². The minimum atomic E-state index is -0.487. The molecule has 1 aromatic heterocycles. The van der Waals surface area contributed by atoms with Gasteiger partial charge in [0.05, 0.1) is 33.8 Å². The molecule has 0 fully saturated rings. The first-order valence-corrected chi connectivity index (χ1v) is 13.7. The van der Waals surface area contributed by atoms with Crippen molar-refractivity contribution in [1.82, 2.24) is 4.57 Å². The monoisotopic (exact) mass is 506 g/mol. The Bertz CT molecular complexity index is 2190. The van der Waals surface area contributed by atoms with E-state index in [-0.39, 0.29) is 0 Å². The van der Waals surface area contributed by atoms with Gasteiger partial charge in [0.1, 0.15) is 0 Å². The van der Waals surface area contributed by atoms with Gasteiger partial charge in [0.15, 0.2) is 0 Å². The molecule has 0 radical (unpaired) electrons. The molecule has 1 atom stereocenters. The normalized spacial score (nSPS) is 16.1. The molecule has 2 aliphatic rings. The molecule has 184 valence electrons. The van der Waals surface area contributed by atoms with E-state index >= 15 is 0 Å². The number of benzene rings is 6. The molecule has 40 heavy (non-hydrogen) atoms. The van der Waals surface area contributed by atoms with Gasteiger partial charge in [-0.25, -0.2) is 0 Å². The summed E-state index contributed by atoms with van der Waals surface area (Å²) in [4.78, 5) is 0. The summed E-state index contributed by atoms with van der Waals surface area (Å²) in [6.07, 6.45) is 0. The number of aromatic nitrogens is 1. The first-order chi connectivity index (χ1) is 19.8. The first-order valence-electron chi connectivity index (χ1n) is 13.7. The zero-order valence-electron chi connectivity index (χ0n) is 21.6. The molecule has 1 spiro atoms. The van der Waals surface area contributed by atoms with Crippen molar-refractivity contribution in [3.63, 3.8) is 0 Å². The second kappa shape index (κ2) is 7.59. The Balaban J connectivity index is 1.48. The van der Waals surface area contributed by atoms with Crippen LogP contribution in [0.3, 0.4) is 0 Å². The summed E-state index contributed by atoms with van der Waals surface area (Å²) in [5, 5.41) is 12.7. The predicted molar refractivity (Wildman–Crippen MR) is 162 cm³/mol. The van der Waals surface area contributed by atoms with Gasteiger partial charge in [-0.2, -0.15) is 5.26 Å². The number of rotatable bonds is 1. The van der Waals surface area contributed by atoms with Gasteiger partial charge >= 0.3 is 0 Å². The Morgan fingerprint density at radius 1 is 0.475 bits per heavy atom. The highest BCUT2D eigenvalue weighted by Gasteiger charge is 2.52. The molecule has 0 aliphatic heterocycles. The summed E-state index contributed by atoms with van der Waals surface area (Å²) < 4.78 is 2.44. The van der Waals surface area contributed by atoms with E-state index in [0.29, 0.717) is 0 Å². The highest BCUT2D eigenvalue weighted by molar-refractivity contribution is 6.10. The molecule has 7 aromatic rings. The Kier molecular flexibility index (Phi) is 4.09. The van der Waals surface area contributed by atoms with Gasteiger partial charge in [-0.1, -0.05) is 109 Å². The summed E-state index contributed by atoms with van der Waals surface area (Å²) >= 11 is 0. The average molecular weight is 507 g/mol. The third-order valence-electron chi connectivity index (χ3n) is 9.06. The van der Waals surface area contributed by atoms with Crippen molar-refractivity contribution in [2.75, 3.05) is 0 Å². The molecule has 2 heteroatoms. The van der Waals surface area contributed by atoms with Crippen molar-refractivity contribution < 1.29 is 0 Å². The van der Waals surface area contributed by atoms with Gasteiger partial charge in [-0.3, -0.25) is 0 Å². The topological polar surface area (TPSA) is 28.7 Å². The van der Waals surface area contributed by atoms with Gasteiger partial charge in [0.25, 0.3) is 0 Å². The van der Waals surface area contributed by atoms with E-state index in [1.165, 1.54) is 60.9 Å². The SMILES string of the molecule is N#Cc1cccc2c1-c1ccccc1C21c2ccccc2-c2c(-n3c4ccccc4c4ccccc43)cccc21. The van der Waals surface area contributed by atoms with Crippen LogP contribution >= 0.6 is 0 Å². The van der Waals surface area contributed by atoms with E-state index < -0.39 is 5.41 Å². The summed E-state index contributed by atoms with van der Waals surface area (Å²) in [6.45, 7) is 0. The van der Waals surface area contributed by atoms with E-state index in [1.54, 1.807) is 0 Å². The van der Waals surface area contributed by atoms with Crippen LogP contribution in [0.1, 0.15) is 27.8 Å². The average Bonchev–Trinajstić information content (AvgIpc) is 3.63. The summed E-state index contributed by atoms with van der Waals surface area (Å²) in [5.41, 5.74) is 13.5. The number of hydrogen-bond acceptors (Lipinski definition) is 1. The smallest absolute Gasteiger partial charge is 0.0998 e.